The van der Waals surface area contributed by atoms with Gasteiger partial charge in [-0.15, -0.1) is 0 Å². The van der Waals surface area contributed by atoms with Crippen LogP contribution in [0.25, 0.3) is 0 Å². The summed E-state index contributed by atoms with van der Waals surface area (Å²) in [5.74, 6) is -1.99. The lowest BCUT2D eigenvalue weighted by Crippen LogP contribution is -2.55. The Kier molecular flexibility index (Phi) is 8.33. The van der Waals surface area contributed by atoms with Crippen LogP contribution >= 0.6 is 0 Å². The van der Waals surface area contributed by atoms with Crippen LogP contribution in [0.3, 0.4) is 0 Å². The minimum absolute atomic E-state index is 0.156. The van der Waals surface area contributed by atoms with Crippen molar-refractivity contribution >= 4 is 17.8 Å². The van der Waals surface area contributed by atoms with Gasteiger partial charge in [0, 0.05) is 19.7 Å². The van der Waals surface area contributed by atoms with Crippen molar-refractivity contribution in [2.45, 2.75) is 89.4 Å². The minimum atomic E-state index is -0.931. The van der Waals surface area contributed by atoms with Gasteiger partial charge in [0.05, 0.1) is 24.5 Å². The van der Waals surface area contributed by atoms with Gasteiger partial charge in [-0.25, -0.2) is 0 Å². The number of aliphatic hydroxyl groups is 1. The highest BCUT2D eigenvalue weighted by atomic mass is 16.6. The number of hydrogen-bond acceptors (Lipinski definition) is 6. The van der Waals surface area contributed by atoms with Crippen LogP contribution in [0.2, 0.25) is 0 Å². The third-order valence-corrected chi connectivity index (χ3v) is 6.99. The van der Waals surface area contributed by atoms with Crippen LogP contribution in [0.15, 0.2) is 0 Å². The van der Waals surface area contributed by atoms with E-state index >= 15 is 0 Å². The molecule has 2 bridgehead atoms. The fraction of sp³-hybridized carbons (Fsp3) is 0.870. The van der Waals surface area contributed by atoms with E-state index in [9.17, 15) is 14.4 Å². The number of amides is 2. The van der Waals surface area contributed by atoms with E-state index in [2.05, 4.69) is 12.2 Å². The smallest absolute Gasteiger partial charge is 0.312 e. The van der Waals surface area contributed by atoms with Crippen molar-refractivity contribution in [1.82, 2.24) is 10.2 Å². The van der Waals surface area contributed by atoms with Gasteiger partial charge in [-0.2, -0.15) is 0 Å². The maximum Gasteiger partial charge on any atom is 0.312 e. The molecule has 31 heavy (non-hydrogen) atoms. The second-order valence-electron chi connectivity index (χ2n) is 8.98. The van der Waals surface area contributed by atoms with E-state index in [1.54, 1.807) is 11.8 Å². The van der Waals surface area contributed by atoms with Crippen molar-refractivity contribution in [1.29, 1.82) is 0 Å². The zero-order valence-corrected chi connectivity index (χ0v) is 18.9. The summed E-state index contributed by atoms with van der Waals surface area (Å²) >= 11 is 0. The van der Waals surface area contributed by atoms with Crippen molar-refractivity contribution in [3.63, 3.8) is 0 Å². The summed E-state index contributed by atoms with van der Waals surface area (Å²) in [4.78, 5) is 41.2. The van der Waals surface area contributed by atoms with E-state index in [-0.39, 0.29) is 37.1 Å². The Hall–Kier alpha value is -1.67. The molecule has 3 fully saturated rings. The second-order valence-corrected chi connectivity index (χ2v) is 8.98. The molecule has 8 heteroatoms. The number of unbranched alkanes of at least 4 members (excludes halogenated alkanes) is 5. The van der Waals surface area contributed by atoms with Crippen molar-refractivity contribution in [3.8, 4) is 0 Å². The molecule has 0 aromatic heterocycles. The molecular formula is C23H38N2O6. The summed E-state index contributed by atoms with van der Waals surface area (Å²) in [5.41, 5.74) is -0.931. The van der Waals surface area contributed by atoms with Gasteiger partial charge in [0.15, 0.2) is 0 Å². The third kappa shape index (κ3) is 4.60. The Bertz CT molecular complexity index is 656. The lowest BCUT2D eigenvalue weighted by atomic mass is 9.71. The summed E-state index contributed by atoms with van der Waals surface area (Å²) in [6.07, 6.45) is 7.16. The van der Waals surface area contributed by atoms with Crippen LogP contribution < -0.4 is 5.32 Å². The molecule has 2 amide bonds. The van der Waals surface area contributed by atoms with E-state index in [0.717, 1.165) is 44.9 Å². The first-order chi connectivity index (χ1) is 15.0. The molecular weight excluding hydrogens is 400 g/mol. The highest BCUT2D eigenvalue weighted by molar-refractivity contribution is 5.98. The van der Waals surface area contributed by atoms with E-state index in [1.165, 1.54) is 0 Å². The van der Waals surface area contributed by atoms with Crippen molar-refractivity contribution < 1.29 is 29.0 Å². The fourth-order valence-electron chi connectivity index (χ4n) is 5.63. The van der Waals surface area contributed by atoms with Crippen molar-refractivity contribution in [2.75, 3.05) is 26.3 Å². The largest absolute Gasteiger partial charge is 0.466 e. The van der Waals surface area contributed by atoms with Crippen LogP contribution in [0.5, 0.6) is 0 Å². The molecule has 0 radical (unpaired) electrons. The van der Waals surface area contributed by atoms with Gasteiger partial charge in [0.25, 0.3) is 0 Å². The number of fused-ring (bicyclic) bond motifs is 1. The Labute approximate surface area is 185 Å². The molecule has 3 aliphatic rings. The number of aliphatic hydroxyl groups excluding tert-OH is 1. The summed E-state index contributed by atoms with van der Waals surface area (Å²) in [5, 5.41) is 12.0. The Morgan fingerprint density at radius 3 is 2.68 bits per heavy atom. The van der Waals surface area contributed by atoms with E-state index < -0.39 is 23.5 Å². The van der Waals surface area contributed by atoms with Crippen LogP contribution in [-0.2, 0) is 23.9 Å². The predicted molar refractivity (Wildman–Crippen MR) is 114 cm³/mol. The van der Waals surface area contributed by atoms with Gasteiger partial charge >= 0.3 is 5.97 Å². The second kappa shape index (κ2) is 10.8. The highest BCUT2D eigenvalue weighted by Gasteiger charge is 2.74. The van der Waals surface area contributed by atoms with E-state index in [0.29, 0.717) is 25.9 Å². The summed E-state index contributed by atoms with van der Waals surface area (Å²) in [6.45, 7) is 5.31. The van der Waals surface area contributed by atoms with Gasteiger partial charge in [0.2, 0.25) is 11.8 Å². The molecule has 1 spiro atoms. The lowest BCUT2D eigenvalue weighted by Gasteiger charge is -2.33. The summed E-state index contributed by atoms with van der Waals surface area (Å²) in [7, 11) is 0. The number of ether oxygens (including phenoxy) is 2. The zero-order chi connectivity index (χ0) is 22.4. The Morgan fingerprint density at radius 2 is 1.97 bits per heavy atom. The molecule has 8 nitrogen and oxygen atoms in total. The molecule has 0 aliphatic carbocycles. The number of carbonyl (C=O) groups is 3. The van der Waals surface area contributed by atoms with Crippen LogP contribution in [0, 0.1) is 11.8 Å². The number of likely N-dealkylation sites (tertiary alicyclic amines) is 1. The van der Waals surface area contributed by atoms with Gasteiger partial charge < -0.3 is 24.8 Å². The van der Waals surface area contributed by atoms with E-state index in [1.807, 2.05) is 0 Å². The quantitative estimate of drug-likeness (QED) is 0.335. The topological polar surface area (TPSA) is 105 Å². The van der Waals surface area contributed by atoms with E-state index in [4.69, 9.17) is 14.6 Å². The molecule has 176 valence electrons. The summed E-state index contributed by atoms with van der Waals surface area (Å²) < 4.78 is 11.6. The van der Waals surface area contributed by atoms with Gasteiger partial charge in [-0.1, -0.05) is 32.6 Å². The fourth-order valence-corrected chi connectivity index (χ4v) is 5.63. The van der Waals surface area contributed by atoms with Crippen LogP contribution in [0.4, 0.5) is 0 Å². The monoisotopic (exact) mass is 438 g/mol. The first-order valence-corrected chi connectivity index (χ1v) is 12.0. The average molecular weight is 439 g/mol. The standard InChI is InChI=1S/C23H38N2O6/c1-3-5-8-13-24-20(27)19-23-12-11-16(31-23)17(22(29)30-4-2)18(23)21(28)25(19)14-9-6-7-10-15-26/h16-19,26H,3-15H2,1-2H3,(H,24,27)/t16-,17+,18-,19?,23?/m0/s1. The first-order valence-electron chi connectivity index (χ1n) is 12.0. The molecule has 2 N–H and O–H groups in total. The van der Waals surface area contributed by atoms with Crippen molar-refractivity contribution in [2.24, 2.45) is 11.8 Å². The number of nitrogens with zero attached hydrogens (tertiary/aromatic N) is 1. The van der Waals surface area contributed by atoms with Crippen molar-refractivity contribution in [3.05, 3.63) is 0 Å². The van der Waals surface area contributed by atoms with Gasteiger partial charge in [-0.05, 0) is 39.0 Å². The average Bonchev–Trinajstić information content (AvgIpc) is 3.39. The Morgan fingerprint density at radius 1 is 1.19 bits per heavy atom. The molecule has 3 rings (SSSR count). The minimum Gasteiger partial charge on any atom is -0.466 e. The maximum absolute atomic E-state index is 13.5. The summed E-state index contributed by atoms with van der Waals surface area (Å²) in [6, 6.07) is -0.700. The number of nitrogens with one attached hydrogen (secondary N) is 1. The third-order valence-electron chi connectivity index (χ3n) is 6.99. The number of rotatable bonds is 13. The molecule has 0 saturated carbocycles. The SMILES string of the molecule is CCCCCNC(=O)C1N(CCCCCCO)C(=O)[C@@H]2[C@H](C(=O)OCC)[C@@H]3CCC12O3. The van der Waals surface area contributed by atoms with Gasteiger partial charge in [0.1, 0.15) is 11.6 Å². The molecule has 3 aliphatic heterocycles. The van der Waals surface area contributed by atoms with Crippen LogP contribution in [0.1, 0.15) is 71.6 Å². The number of hydrogen-bond donors (Lipinski definition) is 2. The molecule has 2 unspecified atom stereocenters. The number of carbonyl (C=O) groups excluding carboxylic acids is 3. The molecule has 0 aromatic carbocycles. The molecule has 3 heterocycles. The molecule has 3 saturated heterocycles. The normalized spacial score (nSPS) is 31.2. The first kappa shape index (κ1) is 24.0. The Balaban J connectivity index is 1.79. The highest BCUT2D eigenvalue weighted by Crippen LogP contribution is 2.58. The zero-order valence-electron chi connectivity index (χ0n) is 18.9. The molecule has 5 atom stereocenters. The van der Waals surface area contributed by atoms with Gasteiger partial charge in [-0.3, -0.25) is 14.4 Å². The number of esters is 1. The maximum atomic E-state index is 13.5. The van der Waals surface area contributed by atoms with Crippen LogP contribution in [-0.4, -0.2) is 71.8 Å². The predicted octanol–water partition coefficient (Wildman–Crippen LogP) is 1.78. The molecule has 0 aromatic rings. The lowest BCUT2D eigenvalue weighted by molar-refractivity contribution is -0.154.